The van der Waals surface area contributed by atoms with Gasteiger partial charge < -0.3 is 0 Å². The number of hydrogen-bond donors (Lipinski definition) is 2. The molecule has 1 aromatic rings. The van der Waals surface area contributed by atoms with E-state index in [9.17, 15) is 0 Å². The average molecular weight is 206 g/mol. The lowest BCUT2D eigenvalue weighted by molar-refractivity contribution is 0.673. The Kier molecular flexibility index (Phi) is 4.54. The first-order valence-corrected chi connectivity index (χ1v) is 5.45. The van der Waals surface area contributed by atoms with Gasteiger partial charge in [0.2, 0.25) is 0 Å². The summed E-state index contributed by atoms with van der Waals surface area (Å²) in [6.07, 6.45) is 5.31. The molecule has 1 atom stereocenters. The number of hydrogen-bond acceptors (Lipinski definition) is 3. The molecule has 2 nitrogen and oxygen atoms in total. The number of nitrogens with one attached hydrogen (secondary N) is 1. The molecule has 1 rings (SSSR count). The quantitative estimate of drug-likeness (QED) is 0.342. The van der Waals surface area contributed by atoms with E-state index in [1.54, 1.807) is 0 Å². The van der Waals surface area contributed by atoms with E-state index in [2.05, 4.69) is 30.4 Å². The van der Waals surface area contributed by atoms with Gasteiger partial charge in [-0.2, -0.15) is 0 Å². The van der Waals surface area contributed by atoms with Gasteiger partial charge in [-0.1, -0.05) is 25.0 Å². The summed E-state index contributed by atoms with van der Waals surface area (Å²) >= 11 is 1.81. The van der Waals surface area contributed by atoms with Crippen LogP contribution in [0, 0.1) is 12.3 Å². The second kappa shape index (κ2) is 5.71. The number of terminal acetylenes is 1. The van der Waals surface area contributed by atoms with Crippen molar-refractivity contribution in [1.29, 1.82) is 0 Å². The fraction of sp³-hybridized carbons (Fsp3) is 0.273. The zero-order valence-electron chi connectivity index (χ0n) is 8.16. The smallest absolute Gasteiger partial charge is 0.106 e. The van der Waals surface area contributed by atoms with Crippen molar-refractivity contribution in [3.8, 4) is 12.3 Å². The van der Waals surface area contributed by atoms with Crippen molar-refractivity contribution < 1.29 is 0 Å². The molecule has 0 aromatic heterocycles. The second-order valence-electron chi connectivity index (χ2n) is 2.77. The third kappa shape index (κ3) is 2.78. The molecule has 3 heteroatoms. The van der Waals surface area contributed by atoms with E-state index in [0.29, 0.717) is 0 Å². The van der Waals surface area contributed by atoms with Crippen molar-refractivity contribution in [3.05, 3.63) is 29.8 Å². The SMILES string of the molecule is C#CC(NN)c1ccc(SCC)cc1. The van der Waals surface area contributed by atoms with Crippen molar-refractivity contribution in [3.63, 3.8) is 0 Å². The molecule has 0 saturated carbocycles. The lowest BCUT2D eigenvalue weighted by atomic mass is 10.1. The van der Waals surface area contributed by atoms with Crippen LogP contribution in [-0.4, -0.2) is 5.75 Å². The number of hydrazine groups is 1. The van der Waals surface area contributed by atoms with E-state index in [-0.39, 0.29) is 6.04 Å². The van der Waals surface area contributed by atoms with E-state index < -0.39 is 0 Å². The first-order valence-electron chi connectivity index (χ1n) is 4.46. The highest BCUT2D eigenvalue weighted by Gasteiger charge is 2.04. The maximum atomic E-state index is 5.31. The van der Waals surface area contributed by atoms with Gasteiger partial charge >= 0.3 is 0 Å². The van der Waals surface area contributed by atoms with Crippen molar-refractivity contribution in [1.82, 2.24) is 5.43 Å². The van der Waals surface area contributed by atoms with Crippen LogP contribution in [0.1, 0.15) is 18.5 Å². The van der Waals surface area contributed by atoms with Gasteiger partial charge in [0.15, 0.2) is 0 Å². The predicted octanol–water partition coefficient (Wildman–Crippen LogP) is 1.94. The number of rotatable bonds is 4. The van der Waals surface area contributed by atoms with Gasteiger partial charge in [0.05, 0.1) is 0 Å². The molecule has 0 aliphatic heterocycles. The van der Waals surface area contributed by atoms with Crippen LogP contribution in [0.2, 0.25) is 0 Å². The van der Waals surface area contributed by atoms with Crippen molar-refractivity contribution >= 4 is 11.8 Å². The van der Waals surface area contributed by atoms with E-state index in [0.717, 1.165) is 11.3 Å². The molecule has 14 heavy (non-hydrogen) atoms. The molecule has 0 radical (unpaired) electrons. The maximum Gasteiger partial charge on any atom is 0.106 e. The van der Waals surface area contributed by atoms with E-state index in [1.807, 2.05) is 23.9 Å². The largest absolute Gasteiger partial charge is 0.270 e. The van der Waals surface area contributed by atoms with Crippen molar-refractivity contribution in [2.24, 2.45) is 5.84 Å². The molecule has 1 aromatic carbocycles. The highest BCUT2D eigenvalue weighted by Crippen LogP contribution is 2.20. The summed E-state index contributed by atoms with van der Waals surface area (Å²) < 4.78 is 0. The fourth-order valence-corrected chi connectivity index (χ4v) is 1.83. The molecule has 0 aliphatic carbocycles. The first kappa shape index (κ1) is 11.1. The summed E-state index contributed by atoms with van der Waals surface area (Å²) in [6.45, 7) is 2.13. The maximum absolute atomic E-state index is 5.31. The van der Waals surface area contributed by atoms with Gasteiger partial charge in [0.25, 0.3) is 0 Å². The van der Waals surface area contributed by atoms with Crippen LogP contribution in [0.4, 0.5) is 0 Å². The molecule has 0 saturated heterocycles. The Hall–Kier alpha value is -0.950. The summed E-state index contributed by atoms with van der Waals surface area (Å²) in [4.78, 5) is 1.25. The average Bonchev–Trinajstić information content (AvgIpc) is 2.23. The second-order valence-corrected chi connectivity index (χ2v) is 4.11. The Morgan fingerprint density at radius 1 is 1.50 bits per heavy atom. The van der Waals surface area contributed by atoms with Crippen LogP contribution in [0.25, 0.3) is 0 Å². The number of benzene rings is 1. The minimum Gasteiger partial charge on any atom is -0.270 e. The number of nitrogens with two attached hydrogens (primary N) is 1. The molecule has 0 spiro atoms. The summed E-state index contributed by atoms with van der Waals surface area (Å²) in [6, 6.07) is 7.93. The Morgan fingerprint density at radius 2 is 2.14 bits per heavy atom. The number of thioether (sulfide) groups is 1. The molecule has 0 amide bonds. The molecule has 3 N–H and O–H groups in total. The minimum absolute atomic E-state index is 0.198. The topological polar surface area (TPSA) is 38.0 Å². The van der Waals surface area contributed by atoms with Crippen LogP contribution in [0.3, 0.4) is 0 Å². The molecule has 0 heterocycles. The fourth-order valence-electron chi connectivity index (χ4n) is 1.16. The first-order chi connectivity index (χ1) is 6.81. The summed E-state index contributed by atoms with van der Waals surface area (Å²) in [5.74, 6) is 8.97. The summed E-state index contributed by atoms with van der Waals surface area (Å²) in [5.41, 5.74) is 3.60. The van der Waals surface area contributed by atoms with Gasteiger partial charge in [0.1, 0.15) is 6.04 Å². The lowest BCUT2D eigenvalue weighted by Gasteiger charge is -2.09. The molecule has 74 valence electrons. The Morgan fingerprint density at radius 3 is 2.57 bits per heavy atom. The van der Waals surface area contributed by atoms with Gasteiger partial charge in [0, 0.05) is 4.90 Å². The lowest BCUT2D eigenvalue weighted by Crippen LogP contribution is -2.26. The summed E-state index contributed by atoms with van der Waals surface area (Å²) in [7, 11) is 0. The highest BCUT2D eigenvalue weighted by atomic mass is 32.2. The molecular weight excluding hydrogens is 192 g/mol. The summed E-state index contributed by atoms with van der Waals surface area (Å²) in [5, 5.41) is 0. The molecule has 0 bridgehead atoms. The van der Waals surface area contributed by atoms with Crippen molar-refractivity contribution in [2.45, 2.75) is 17.9 Å². The van der Waals surface area contributed by atoms with Gasteiger partial charge in [-0.05, 0) is 23.4 Å². The van der Waals surface area contributed by atoms with Crippen molar-refractivity contribution in [2.75, 3.05) is 5.75 Å². The predicted molar refractivity (Wildman–Crippen MR) is 61.7 cm³/mol. The van der Waals surface area contributed by atoms with Crippen LogP contribution < -0.4 is 11.3 Å². The highest BCUT2D eigenvalue weighted by molar-refractivity contribution is 7.99. The minimum atomic E-state index is -0.198. The third-order valence-corrected chi connectivity index (χ3v) is 2.75. The van der Waals surface area contributed by atoms with E-state index in [1.165, 1.54) is 4.90 Å². The third-order valence-electron chi connectivity index (χ3n) is 1.86. The van der Waals surface area contributed by atoms with Gasteiger partial charge in [-0.25, -0.2) is 5.43 Å². The van der Waals surface area contributed by atoms with Crippen LogP contribution in [0.15, 0.2) is 29.2 Å². The molecular formula is C11H14N2S. The molecule has 1 unspecified atom stereocenters. The van der Waals surface area contributed by atoms with Crippen LogP contribution in [-0.2, 0) is 0 Å². The normalized spacial score (nSPS) is 12.1. The van der Waals surface area contributed by atoms with Crippen LogP contribution in [0.5, 0.6) is 0 Å². The standard InChI is InChI=1S/C11H14N2S/c1-3-11(13-12)9-5-7-10(8-6-9)14-4-2/h1,5-8,11,13H,4,12H2,2H3. The molecule has 0 aliphatic rings. The monoisotopic (exact) mass is 206 g/mol. The van der Waals surface area contributed by atoms with E-state index in [4.69, 9.17) is 12.3 Å². The Labute approximate surface area is 89.2 Å². The molecule has 0 fully saturated rings. The van der Waals surface area contributed by atoms with Crippen LogP contribution >= 0.6 is 11.8 Å². The van der Waals surface area contributed by atoms with E-state index >= 15 is 0 Å². The Balaban J connectivity index is 2.77. The Bertz CT molecular complexity index is 313. The van der Waals surface area contributed by atoms with Gasteiger partial charge in [-0.3, -0.25) is 5.84 Å². The zero-order valence-corrected chi connectivity index (χ0v) is 8.97. The van der Waals surface area contributed by atoms with Gasteiger partial charge in [-0.15, -0.1) is 18.2 Å². The zero-order chi connectivity index (χ0) is 10.4.